The van der Waals surface area contributed by atoms with E-state index in [0.717, 1.165) is 80.0 Å². The van der Waals surface area contributed by atoms with E-state index in [2.05, 4.69) is 74.7 Å². The number of aliphatic imine (C=N–C) groups is 1. The summed E-state index contributed by atoms with van der Waals surface area (Å²) in [5.41, 5.74) is 15.4. The van der Waals surface area contributed by atoms with Gasteiger partial charge in [-0.2, -0.15) is 0 Å². The van der Waals surface area contributed by atoms with E-state index in [1.54, 1.807) is 0 Å². The van der Waals surface area contributed by atoms with Crippen LogP contribution in [0.1, 0.15) is 96.2 Å². The Kier molecular flexibility index (Phi) is 9.00. The van der Waals surface area contributed by atoms with Crippen LogP contribution in [0.4, 0.5) is 0 Å². The van der Waals surface area contributed by atoms with Gasteiger partial charge in [0.15, 0.2) is 0 Å². The third-order valence-electron chi connectivity index (χ3n) is 9.38. The summed E-state index contributed by atoms with van der Waals surface area (Å²) < 4.78 is 9.95. The lowest BCUT2D eigenvalue weighted by Crippen LogP contribution is -2.14. The fourth-order valence-corrected chi connectivity index (χ4v) is 6.70. The van der Waals surface area contributed by atoms with E-state index in [-0.39, 0.29) is 11.9 Å². The van der Waals surface area contributed by atoms with Crippen molar-refractivity contribution in [3.63, 3.8) is 0 Å². The van der Waals surface area contributed by atoms with Gasteiger partial charge in [0.05, 0.1) is 25.6 Å². The Labute approximate surface area is 259 Å². The van der Waals surface area contributed by atoms with Gasteiger partial charge in [-0.1, -0.05) is 13.8 Å². The highest BCUT2D eigenvalue weighted by Gasteiger charge is 2.23. The lowest BCUT2D eigenvalue weighted by atomic mass is 9.98. The van der Waals surface area contributed by atoms with Gasteiger partial charge in [0.25, 0.3) is 0 Å². The highest BCUT2D eigenvalue weighted by molar-refractivity contribution is 6.23. The maximum atomic E-state index is 12.2. The monoisotopic (exact) mass is 596 g/mol. The van der Waals surface area contributed by atoms with Crippen LogP contribution < -0.4 is 10.7 Å². The molecular weight excluding hydrogens is 552 g/mol. The first-order valence-electron chi connectivity index (χ1n) is 15.6. The smallest absolute Gasteiger partial charge is 0.305 e. The van der Waals surface area contributed by atoms with Crippen molar-refractivity contribution in [2.75, 3.05) is 14.2 Å². The Balaban J connectivity index is 1.79. The van der Waals surface area contributed by atoms with Crippen LogP contribution >= 0.6 is 0 Å². The summed E-state index contributed by atoms with van der Waals surface area (Å²) >= 11 is 0. The van der Waals surface area contributed by atoms with E-state index in [4.69, 9.17) is 14.5 Å². The van der Waals surface area contributed by atoms with E-state index in [0.29, 0.717) is 32.1 Å². The summed E-state index contributed by atoms with van der Waals surface area (Å²) in [5.74, 6) is -0.469. The molecule has 0 atom stereocenters. The normalized spacial score (nSPS) is 14.2. The molecule has 8 nitrogen and oxygen atoms in total. The molecule has 232 valence electrons. The van der Waals surface area contributed by atoms with E-state index in [1.165, 1.54) is 36.5 Å². The summed E-state index contributed by atoms with van der Waals surface area (Å²) in [6.07, 6.45) is 10.6. The average molecular weight is 597 g/mol. The number of carbonyl (C=O) groups excluding carboxylic acids is 2. The maximum absolute atomic E-state index is 12.2. The molecule has 0 aliphatic carbocycles. The van der Waals surface area contributed by atoms with Gasteiger partial charge in [-0.15, -0.1) is 0 Å². The number of hydrogen-bond acceptors (Lipinski definition) is 5. The van der Waals surface area contributed by atoms with Crippen molar-refractivity contribution in [3.05, 3.63) is 83.7 Å². The number of ether oxygens (including phenoxy) is 2. The van der Waals surface area contributed by atoms with Crippen molar-refractivity contribution in [2.24, 2.45) is 4.99 Å². The second-order valence-corrected chi connectivity index (χ2v) is 11.8. The number of hydrogen-bond donors (Lipinski definition) is 3. The van der Waals surface area contributed by atoms with Crippen molar-refractivity contribution in [2.45, 2.75) is 86.5 Å². The van der Waals surface area contributed by atoms with E-state index in [9.17, 15) is 9.59 Å². The van der Waals surface area contributed by atoms with Gasteiger partial charge >= 0.3 is 11.9 Å². The third kappa shape index (κ3) is 5.77. The molecule has 2 aliphatic heterocycles. The number of rotatable bonds is 8. The van der Waals surface area contributed by atoms with Gasteiger partial charge in [0, 0.05) is 52.7 Å². The first-order chi connectivity index (χ1) is 21.1. The van der Waals surface area contributed by atoms with Crippen LogP contribution in [0, 0.1) is 20.8 Å². The van der Waals surface area contributed by atoms with Crippen molar-refractivity contribution in [1.82, 2.24) is 15.0 Å². The standard InChI is InChI=1S/C36H44N4O4/c1-9-23-19(3)27-15-28-21(5)25(11-13-35(41)43-7)33(39-28)18-34-26(12-14-36(42)44-8)22(6)30(40-34)17-32-24(10-2)20(4)29(38-32)16-31(23)37-27/h15-17,38-40H,9-14,18H2,1-8H3. The molecule has 0 unspecified atom stereocenters. The molecule has 5 rings (SSSR count). The van der Waals surface area contributed by atoms with Gasteiger partial charge < -0.3 is 24.4 Å². The molecule has 8 bridgehead atoms. The predicted octanol–water partition coefficient (Wildman–Crippen LogP) is 5.11. The number of aromatic amines is 3. The van der Waals surface area contributed by atoms with Crippen LogP contribution in [-0.2, 0) is 44.7 Å². The molecule has 0 spiro atoms. The van der Waals surface area contributed by atoms with Gasteiger partial charge in [0.2, 0.25) is 0 Å². The Hall–Kier alpha value is -4.33. The molecule has 0 radical (unpaired) electrons. The van der Waals surface area contributed by atoms with Crippen molar-refractivity contribution >= 4 is 35.9 Å². The third-order valence-corrected chi connectivity index (χ3v) is 9.38. The predicted molar refractivity (Wildman–Crippen MR) is 175 cm³/mol. The molecule has 8 heteroatoms. The number of allylic oxidation sites excluding steroid dienone is 2. The zero-order valence-electron chi connectivity index (χ0n) is 27.3. The minimum Gasteiger partial charge on any atom is -0.469 e. The molecule has 3 N–H and O–H groups in total. The number of fused-ring (bicyclic) bond motifs is 7. The highest BCUT2D eigenvalue weighted by atomic mass is 16.5. The van der Waals surface area contributed by atoms with Gasteiger partial charge in [-0.3, -0.25) is 9.59 Å². The molecule has 2 aliphatic rings. The Bertz CT molecular complexity index is 1860. The van der Waals surface area contributed by atoms with Crippen molar-refractivity contribution in [1.29, 1.82) is 0 Å². The first-order valence-corrected chi connectivity index (χ1v) is 15.6. The fraction of sp³-hybridized carbons (Fsp3) is 0.417. The van der Waals surface area contributed by atoms with Crippen molar-refractivity contribution < 1.29 is 19.1 Å². The number of carbonyl (C=O) groups is 2. The maximum Gasteiger partial charge on any atom is 0.305 e. The van der Waals surface area contributed by atoms with E-state index >= 15 is 0 Å². The second kappa shape index (κ2) is 12.7. The van der Waals surface area contributed by atoms with Crippen LogP contribution in [0.3, 0.4) is 0 Å². The van der Waals surface area contributed by atoms with Crippen LogP contribution in [0.25, 0.3) is 18.2 Å². The number of H-pyrrole nitrogens is 3. The minimum atomic E-state index is -0.236. The summed E-state index contributed by atoms with van der Waals surface area (Å²) in [6, 6.07) is 0. The summed E-state index contributed by atoms with van der Waals surface area (Å²) in [7, 11) is 2.85. The SMILES string of the molecule is CCC1=C(C)C2=Cc3[nH]c(c(CCC(=O)OC)c3C)Cc3[nH]c(c(C)c3CCC(=O)OC)C=c3[nH]c(c(C)c3CC)=CC1=N2. The Morgan fingerprint density at radius 1 is 0.727 bits per heavy atom. The quantitative estimate of drug-likeness (QED) is 0.314. The Morgan fingerprint density at radius 2 is 1.30 bits per heavy atom. The average Bonchev–Trinajstić information content (AvgIpc) is 3.67. The molecule has 0 saturated carbocycles. The second-order valence-electron chi connectivity index (χ2n) is 11.8. The number of aromatic nitrogens is 3. The lowest BCUT2D eigenvalue weighted by Gasteiger charge is -2.08. The van der Waals surface area contributed by atoms with Crippen LogP contribution in [-0.4, -0.2) is 46.8 Å². The number of nitrogens with one attached hydrogen (secondary N) is 3. The molecule has 3 aromatic heterocycles. The summed E-state index contributed by atoms with van der Waals surface area (Å²) in [6.45, 7) is 12.9. The molecule has 5 heterocycles. The number of esters is 2. The molecule has 0 aromatic carbocycles. The molecular formula is C36H44N4O4. The number of nitrogens with zero attached hydrogens (tertiary/aromatic N) is 1. The summed E-state index contributed by atoms with van der Waals surface area (Å²) in [4.78, 5) is 40.6. The molecule has 0 fully saturated rings. The van der Waals surface area contributed by atoms with Crippen LogP contribution in [0.15, 0.2) is 21.8 Å². The lowest BCUT2D eigenvalue weighted by molar-refractivity contribution is -0.141. The van der Waals surface area contributed by atoms with Gasteiger partial charge in [0.1, 0.15) is 0 Å². The van der Waals surface area contributed by atoms with E-state index < -0.39 is 0 Å². The zero-order chi connectivity index (χ0) is 31.7. The molecule has 3 aromatic rings. The van der Waals surface area contributed by atoms with Gasteiger partial charge in [-0.05, 0) is 116 Å². The Morgan fingerprint density at radius 3 is 1.82 bits per heavy atom. The van der Waals surface area contributed by atoms with Crippen molar-refractivity contribution in [3.8, 4) is 0 Å². The molecule has 0 amide bonds. The topological polar surface area (TPSA) is 112 Å². The molecule has 0 saturated heterocycles. The molecule has 44 heavy (non-hydrogen) atoms. The zero-order valence-corrected chi connectivity index (χ0v) is 27.3. The minimum absolute atomic E-state index is 0.233. The number of methoxy groups -OCH3 is 2. The first kappa shape index (κ1) is 31.1. The highest BCUT2D eigenvalue weighted by Crippen LogP contribution is 2.33. The largest absolute Gasteiger partial charge is 0.469 e. The summed E-state index contributed by atoms with van der Waals surface area (Å²) in [5, 5.41) is 2.14. The van der Waals surface area contributed by atoms with Crippen LogP contribution in [0.2, 0.25) is 0 Å². The fourth-order valence-electron chi connectivity index (χ4n) is 6.70. The van der Waals surface area contributed by atoms with Gasteiger partial charge in [-0.25, -0.2) is 4.99 Å². The van der Waals surface area contributed by atoms with Crippen LogP contribution in [0.5, 0.6) is 0 Å². The van der Waals surface area contributed by atoms with E-state index in [1.807, 2.05) is 0 Å².